The van der Waals surface area contributed by atoms with Crippen molar-refractivity contribution in [2.45, 2.75) is 32.6 Å². The van der Waals surface area contributed by atoms with E-state index in [0.29, 0.717) is 11.7 Å². The van der Waals surface area contributed by atoms with Crippen molar-refractivity contribution in [2.75, 3.05) is 13.6 Å². The third kappa shape index (κ3) is 2.59. The van der Waals surface area contributed by atoms with Gasteiger partial charge in [0.25, 0.3) is 0 Å². The molecule has 1 N–H and O–H groups in total. The van der Waals surface area contributed by atoms with Crippen LogP contribution in [0.4, 0.5) is 0 Å². The Labute approximate surface area is 74.7 Å². The molecule has 1 fully saturated rings. The fraction of sp³-hybridized carbons (Fsp3) is 0.900. The van der Waals surface area contributed by atoms with Gasteiger partial charge in [-0.25, -0.2) is 0 Å². The Kier molecular flexibility index (Phi) is 3.73. The second-order valence-corrected chi connectivity index (χ2v) is 3.89. The smallest absolute Gasteiger partial charge is 0.132 e. The van der Waals surface area contributed by atoms with Crippen LogP contribution in [-0.4, -0.2) is 19.4 Å². The van der Waals surface area contributed by atoms with E-state index in [1.54, 1.807) is 6.92 Å². The summed E-state index contributed by atoms with van der Waals surface area (Å²) in [6.07, 6.45) is 4.68. The first-order valence-corrected chi connectivity index (χ1v) is 4.89. The lowest BCUT2D eigenvalue weighted by Crippen LogP contribution is -2.26. The van der Waals surface area contributed by atoms with E-state index in [9.17, 15) is 4.79 Å². The van der Waals surface area contributed by atoms with Gasteiger partial charge >= 0.3 is 0 Å². The standard InChI is InChI=1S/C10H19NO/c1-8(12)10-5-3-9(4-6-10)7-11-2/h9-11H,3-7H2,1-2H3. The van der Waals surface area contributed by atoms with E-state index in [2.05, 4.69) is 5.32 Å². The largest absolute Gasteiger partial charge is 0.319 e. The van der Waals surface area contributed by atoms with Crippen LogP contribution in [0, 0.1) is 11.8 Å². The molecular formula is C10H19NO. The van der Waals surface area contributed by atoms with Crippen LogP contribution in [-0.2, 0) is 4.79 Å². The highest BCUT2D eigenvalue weighted by Crippen LogP contribution is 2.28. The highest BCUT2D eigenvalue weighted by molar-refractivity contribution is 5.78. The average Bonchev–Trinajstić information content (AvgIpc) is 2.06. The third-order valence-electron chi connectivity index (χ3n) is 2.91. The molecule has 1 aliphatic rings. The van der Waals surface area contributed by atoms with Crippen molar-refractivity contribution in [3.8, 4) is 0 Å². The number of carbonyl (C=O) groups is 1. The van der Waals surface area contributed by atoms with Gasteiger partial charge in [-0.1, -0.05) is 0 Å². The number of carbonyl (C=O) groups excluding carboxylic acids is 1. The molecule has 0 bridgehead atoms. The number of ketones is 1. The van der Waals surface area contributed by atoms with Gasteiger partial charge in [0.2, 0.25) is 0 Å². The van der Waals surface area contributed by atoms with E-state index >= 15 is 0 Å². The minimum Gasteiger partial charge on any atom is -0.319 e. The molecule has 0 radical (unpaired) electrons. The van der Waals surface area contributed by atoms with E-state index in [-0.39, 0.29) is 0 Å². The molecule has 1 rings (SSSR count). The minimum atomic E-state index is 0.373. The third-order valence-corrected chi connectivity index (χ3v) is 2.91. The zero-order valence-corrected chi connectivity index (χ0v) is 8.10. The summed E-state index contributed by atoms with van der Waals surface area (Å²) >= 11 is 0. The summed E-state index contributed by atoms with van der Waals surface area (Å²) < 4.78 is 0. The second kappa shape index (κ2) is 4.61. The second-order valence-electron chi connectivity index (χ2n) is 3.89. The molecule has 0 amide bonds. The van der Waals surface area contributed by atoms with E-state index in [1.165, 1.54) is 12.8 Å². The molecule has 0 spiro atoms. The van der Waals surface area contributed by atoms with Gasteiger partial charge in [-0.3, -0.25) is 4.79 Å². The SMILES string of the molecule is CNCC1CCC(C(C)=O)CC1. The summed E-state index contributed by atoms with van der Waals surface area (Å²) in [5, 5.41) is 3.20. The van der Waals surface area contributed by atoms with Crippen molar-refractivity contribution in [1.29, 1.82) is 0 Å². The number of hydrogen-bond donors (Lipinski definition) is 1. The van der Waals surface area contributed by atoms with E-state index < -0.39 is 0 Å². The minimum absolute atomic E-state index is 0.373. The first-order valence-electron chi connectivity index (χ1n) is 4.89. The zero-order chi connectivity index (χ0) is 8.97. The lowest BCUT2D eigenvalue weighted by atomic mass is 9.80. The molecule has 2 heteroatoms. The van der Waals surface area contributed by atoms with Crippen LogP contribution in [0.25, 0.3) is 0 Å². The maximum absolute atomic E-state index is 11.0. The number of Topliss-reactive ketones (excluding diaryl/α,β-unsaturated/α-hetero) is 1. The van der Waals surface area contributed by atoms with Crippen LogP contribution in [0.15, 0.2) is 0 Å². The van der Waals surface area contributed by atoms with E-state index in [0.717, 1.165) is 25.3 Å². The van der Waals surface area contributed by atoms with Crippen LogP contribution < -0.4 is 5.32 Å². The molecule has 0 atom stereocenters. The van der Waals surface area contributed by atoms with Crippen molar-refractivity contribution in [3.63, 3.8) is 0 Å². The van der Waals surface area contributed by atoms with Crippen LogP contribution in [0.5, 0.6) is 0 Å². The lowest BCUT2D eigenvalue weighted by molar-refractivity contribution is -0.121. The Bertz CT molecular complexity index is 148. The molecule has 2 nitrogen and oxygen atoms in total. The summed E-state index contributed by atoms with van der Waals surface area (Å²) in [5.41, 5.74) is 0. The monoisotopic (exact) mass is 169 g/mol. The normalized spacial score (nSPS) is 30.2. The Morgan fingerprint density at radius 3 is 2.33 bits per heavy atom. The van der Waals surface area contributed by atoms with Gasteiger partial charge in [0.05, 0.1) is 0 Å². The fourth-order valence-corrected chi connectivity index (χ4v) is 2.06. The van der Waals surface area contributed by atoms with Crippen LogP contribution in [0.2, 0.25) is 0 Å². The number of hydrogen-bond acceptors (Lipinski definition) is 2. The highest BCUT2D eigenvalue weighted by Gasteiger charge is 2.22. The van der Waals surface area contributed by atoms with Crippen LogP contribution >= 0.6 is 0 Å². The molecule has 0 aromatic rings. The van der Waals surface area contributed by atoms with E-state index in [4.69, 9.17) is 0 Å². The molecule has 0 saturated heterocycles. The molecule has 1 saturated carbocycles. The summed E-state index contributed by atoms with van der Waals surface area (Å²) in [6.45, 7) is 2.84. The number of nitrogens with one attached hydrogen (secondary N) is 1. The lowest BCUT2D eigenvalue weighted by Gasteiger charge is -2.26. The predicted octanol–water partition coefficient (Wildman–Crippen LogP) is 1.60. The molecule has 0 unspecified atom stereocenters. The quantitative estimate of drug-likeness (QED) is 0.695. The molecular weight excluding hydrogens is 150 g/mol. The molecule has 0 aliphatic heterocycles. The van der Waals surface area contributed by atoms with Gasteiger partial charge in [0.15, 0.2) is 0 Å². The van der Waals surface area contributed by atoms with Gasteiger partial charge in [0.1, 0.15) is 5.78 Å². The molecule has 0 aromatic heterocycles. The average molecular weight is 169 g/mol. The maximum Gasteiger partial charge on any atom is 0.132 e. The summed E-state index contributed by atoms with van der Waals surface area (Å²) in [6, 6.07) is 0. The Hall–Kier alpha value is -0.370. The highest BCUT2D eigenvalue weighted by atomic mass is 16.1. The molecule has 12 heavy (non-hydrogen) atoms. The Morgan fingerprint density at radius 1 is 1.33 bits per heavy atom. The molecule has 0 heterocycles. The van der Waals surface area contributed by atoms with Gasteiger partial charge < -0.3 is 5.32 Å². The maximum atomic E-state index is 11.0. The predicted molar refractivity (Wildman–Crippen MR) is 50.1 cm³/mol. The Morgan fingerprint density at radius 2 is 1.92 bits per heavy atom. The zero-order valence-electron chi connectivity index (χ0n) is 8.10. The van der Waals surface area contributed by atoms with Gasteiger partial charge in [-0.05, 0) is 52.1 Å². The van der Waals surface area contributed by atoms with Crippen molar-refractivity contribution < 1.29 is 4.79 Å². The van der Waals surface area contributed by atoms with Crippen molar-refractivity contribution >= 4 is 5.78 Å². The van der Waals surface area contributed by atoms with Gasteiger partial charge in [-0.15, -0.1) is 0 Å². The summed E-state index contributed by atoms with van der Waals surface area (Å²) in [7, 11) is 2.00. The van der Waals surface area contributed by atoms with Gasteiger partial charge in [0, 0.05) is 5.92 Å². The fourth-order valence-electron chi connectivity index (χ4n) is 2.06. The van der Waals surface area contributed by atoms with Crippen molar-refractivity contribution in [2.24, 2.45) is 11.8 Å². The van der Waals surface area contributed by atoms with Crippen LogP contribution in [0.1, 0.15) is 32.6 Å². The summed E-state index contributed by atoms with van der Waals surface area (Å²) in [5.74, 6) is 1.57. The topological polar surface area (TPSA) is 29.1 Å². The van der Waals surface area contributed by atoms with Gasteiger partial charge in [-0.2, -0.15) is 0 Å². The van der Waals surface area contributed by atoms with E-state index in [1.807, 2.05) is 7.05 Å². The summed E-state index contributed by atoms with van der Waals surface area (Å²) in [4.78, 5) is 11.0. The van der Waals surface area contributed by atoms with Crippen molar-refractivity contribution in [3.05, 3.63) is 0 Å². The van der Waals surface area contributed by atoms with Crippen molar-refractivity contribution in [1.82, 2.24) is 5.32 Å². The number of rotatable bonds is 3. The Balaban J connectivity index is 2.25. The molecule has 1 aliphatic carbocycles. The molecule has 70 valence electrons. The molecule has 0 aromatic carbocycles. The first kappa shape index (κ1) is 9.72. The van der Waals surface area contributed by atoms with Crippen LogP contribution in [0.3, 0.4) is 0 Å². The first-order chi connectivity index (χ1) is 5.74.